The van der Waals surface area contributed by atoms with Crippen molar-refractivity contribution in [1.29, 1.82) is 0 Å². The zero-order valence-corrected chi connectivity index (χ0v) is 20.7. The van der Waals surface area contributed by atoms with E-state index in [1.54, 1.807) is 0 Å². The molecule has 0 aromatic heterocycles. The molecule has 0 aliphatic carbocycles. The summed E-state index contributed by atoms with van der Waals surface area (Å²) < 4.78 is 21.3. The Kier molecular flexibility index (Phi) is 9.26. The van der Waals surface area contributed by atoms with Gasteiger partial charge in [0.2, 0.25) is 0 Å². The highest BCUT2D eigenvalue weighted by molar-refractivity contribution is 7.79. The smallest absolute Gasteiger partial charge is 0.149 e. The van der Waals surface area contributed by atoms with Gasteiger partial charge in [-0.1, -0.05) is 104 Å². The fraction of sp³-hybridized carbons (Fsp3) is 0.310. The largest absolute Gasteiger partial charge is 0.388 e. The van der Waals surface area contributed by atoms with E-state index in [0.29, 0.717) is 13.0 Å². The topological polar surface area (TPSA) is 46.5 Å². The lowest BCUT2D eigenvalue weighted by molar-refractivity contribution is 0.0253. The van der Waals surface area contributed by atoms with Crippen molar-refractivity contribution in [3.05, 3.63) is 108 Å². The summed E-state index contributed by atoms with van der Waals surface area (Å²) in [5, 5.41) is 13.0. The SMILES string of the molecule is C/C=C(\C)[C@@H](O)[C@@H](C[C@@H](CC)OCc1ccccc1)P(=O)(c1ccccc1)c1ccccc1. The first-order valence-electron chi connectivity index (χ1n) is 11.7. The molecule has 4 heteroatoms. The molecule has 0 saturated carbocycles. The van der Waals surface area contributed by atoms with Crippen molar-refractivity contribution in [3.8, 4) is 0 Å². The Labute approximate surface area is 198 Å². The van der Waals surface area contributed by atoms with Crippen molar-refractivity contribution >= 4 is 17.8 Å². The number of ether oxygens (including phenoxy) is 1. The third-order valence-electron chi connectivity index (χ3n) is 6.32. The summed E-state index contributed by atoms with van der Waals surface area (Å²) in [5.74, 6) is 0. The van der Waals surface area contributed by atoms with Crippen molar-refractivity contribution in [2.75, 3.05) is 0 Å². The predicted octanol–water partition coefficient (Wildman–Crippen LogP) is 6.08. The minimum Gasteiger partial charge on any atom is -0.388 e. The van der Waals surface area contributed by atoms with E-state index in [2.05, 4.69) is 6.92 Å². The molecule has 0 fully saturated rings. The van der Waals surface area contributed by atoms with E-state index in [-0.39, 0.29) is 6.10 Å². The van der Waals surface area contributed by atoms with Gasteiger partial charge in [0.15, 0.2) is 0 Å². The summed E-state index contributed by atoms with van der Waals surface area (Å²) in [6.45, 7) is 6.39. The van der Waals surface area contributed by atoms with Crippen LogP contribution in [0, 0.1) is 0 Å². The average molecular weight is 463 g/mol. The van der Waals surface area contributed by atoms with Crippen LogP contribution in [-0.2, 0) is 15.9 Å². The molecule has 0 aliphatic rings. The highest BCUT2D eigenvalue weighted by atomic mass is 31.2. The number of hydrogen-bond acceptors (Lipinski definition) is 3. The second kappa shape index (κ2) is 12.1. The quantitative estimate of drug-likeness (QED) is 0.277. The molecule has 3 aromatic carbocycles. The zero-order chi connectivity index (χ0) is 23.7. The number of allylic oxidation sites excluding steroid dienone is 1. The standard InChI is InChI=1S/C29H35O3P/c1-4-23(3)29(30)28(21-25(5-2)32-22-24-15-9-6-10-16-24)33(31,26-17-11-7-12-18-26)27-19-13-8-14-20-27/h4,6-20,25,28-30H,5,21-22H2,1-3H3/b23-4+/t25-,28-,29-/m1/s1. The minimum atomic E-state index is -3.19. The molecule has 0 saturated heterocycles. The average Bonchev–Trinajstić information content (AvgIpc) is 2.89. The van der Waals surface area contributed by atoms with Crippen molar-refractivity contribution in [1.82, 2.24) is 0 Å². The van der Waals surface area contributed by atoms with Crippen LogP contribution in [0.1, 0.15) is 39.2 Å². The van der Waals surface area contributed by atoms with Gasteiger partial charge < -0.3 is 14.4 Å². The maximum Gasteiger partial charge on any atom is 0.149 e. The summed E-state index contributed by atoms with van der Waals surface area (Å²) in [6.07, 6.45) is 2.21. The van der Waals surface area contributed by atoms with Gasteiger partial charge in [-0.25, -0.2) is 0 Å². The molecule has 3 rings (SSSR count). The molecule has 0 unspecified atom stereocenters. The van der Waals surface area contributed by atoms with Crippen LogP contribution in [-0.4, -0.2) is 23.0 Å². The highest BCUT2D eigenvalue weighted by Gasteiger charge is 2.42. The monoisotopic (exact) mass is 462 g/mol. The van der Waals surface area contributed by atoms with Crippen LogP contribution in [0.2, 0.25) is 0 Å². The van der Waals surface area contributed by atoms with E-state index in [1.165, 1.54) is 0 Å². The molecule has 0 aliphatic heterocycles. The van der Waals surface area contributed by atoms with Gasteiger partial charge in [0.05, 0.1) is 24.5 Å². The van der Waals surface area contributed by atoms with Crippen LogP contribution in [0.3, 0.4) is 0 Å². The lowest BCUT2D eigenvalue weighted by atomic mass is 10.0. The van der Waals surface area contributed by atoms with E-state index >= 15 is 4.57 Å². The van der Waals surface area contributed by atoms with Crippen LogP contribution in [0.15, 0.2) is 103 Å². The van der Waals surface area contributed by atoms with Gasteiger partial charge in [0, 0.05) is 10.6 Å². The van der Waals surface area contributed by atoms with Crippen LogP contribution in [0.25, 0.3) is 0 Å². The van der Waals surface area contributed by atoms with Gasteiger partial charge in [-0.3, -0.25) is 0 Å². The van der Waals surface area contributed by atoms with Crippen molar-refractivity contribution in [2.45, 2.75) is 58.1 Å². The maximum atomic E-state index is 15.1. The van der Waals surface area contributed by atoms with E-state index < -0.39 is 18.9 Å². The molecule has 0 amide bonds. The predicted molar refractivity (Wildman–Crippen MR) is 139 cm³/mol. The number of aliphatic hydroxyl groups excluding tert-OH is 1. The van der Waals surface area contributed by atoms with Crippen LogP contribution in [0.4, 0.5) is 0 Å². The molecule has 3 atom stereocenters. The molecule has 0 heterocycles. The Morgan fingerprint density at radius 1 is 0.909 bits per heavy atom. The molecule has 1 N–H and O–H groups in total. The van der Waals surface area contributed by atoms with Gasteiger partial charge in [-0.05, 0) is 37.8 Å². The second-order valence-electron chi connectivity index (χ2n) is 8.44. The first-order valence-corrected chi connectivity index (χ1v) is 13.5. The Bertz CT molecular complexity index is 1000. The van der Waals surface area contributed by atoms with Crippen LogP contribution >= 0.6 is 7.14 Å². The fourth-order valence-electron chi connectivity index (χ4n) is 4.19. The summed E-state index contributed by atoms with van der Waals surface area (Å²) in [6, 6.07) is 29.3. The van der Waals surface area contributed by atoms with E-state index in [4.69, 9.17) is 4.74 Å². The lowest BCUT2D eigenvalue weighted by Crippen LogP contribution is -2.38. The molecule has 0 spiro atoms. The molecular weight excluding hydrogens is 427 g/mol. The van der Waals surface area contributed by atoms with E-state index in [0.717, 1.165) is 28.2 Å². The Morgan fingerprint density at radius 2 is 1.39 bits per heavy atom. The van der Waals surface area contributed by atoms with E-state index in [1.807, 2.05) is 111 Å². The lowest BCUT2D eigenvalue weighted by Gasteiger charge is -2.35. The van der Waals surface area contributed by atoms with Crippen molar-refractivity contribution in [3.63, 3.8) is 0 Å². The van der Waals surface area contributed by atoms with Crippen LogP contribution < -0.4 is 10.6 Å². The molecule has 0 radical (unpaired) electrons. The summed E-state index contributed by atoms with van der Waals surface area (Å²) in [4.78, 5) is 0. The number of aliphatic hydroxyl groups is 1. The van der Waals surface area contributed by atoms with E-state index in [9.17, 15) is 5.11 Å². The number of hydrogen-bond donors (Lipinski definition) is 1. The molecule has 0 bridgehead atoms. The number of benzene rings is 3. The second-order valence-corrected chi connectivity index (χ2v) is 11.4. The fourth-order valence-corrected chi connectivity index (χ4v) is 7.65. The Morgan fingerprint density at radius 3 is 1.85 bits per heavy atom. The van der Waals surface area contributed by atoms with Gasteiger partial charge in [-0.2, -0.15) is 0 Å². The summed E-state index contributed by atoms with van der Waals surface area (Å²) >= 11 is 0. The number of rotatable bonds is 11. The normalized spacial score (nSPS) is 15.1. The molecule has 174 valence electrons. The molecular formula is C29H35O3P. The Hall–Kier alpha value is -2.45. The molecule has 33 heavy (non-hydrogen) atoms. The third-order valence-corrected chi connectivity index (χ3v) is 9.88. The van der Waals surface area contributed by atoms with Gasteiger partial charge >= 0.3 is 0 Å². The first-order chi connectivity index (χ1) is 16.0. The van der Waals surface area contributed by atoms with Gasteiger partial charge in [-0.15, -0.1) is 0 Å². The van der Waals surface area contributed by atoms with Crippen LogP contribution in [0.5, 0.6) is 0 Å². The summed E-state index contributed by atoms with van der Waals surface area (Å²) in [5.41, 5.74) is 1.43. The highest BCUT2D eigenvalue weighted by Crippen LogP contribution is 2.53. The maximum absolute atomic E-state index is 15.1. The van der Waals surface area contributed by atoms with Crippen molar-refractivity contribution < 1.29 is 14.4 Å². The minimum absolute atomic E-state index is 0.129. The van der Waals surface area contributed by atoms with Gasteiger partial charge in [0.1, 0.15) is 7.14 Å². The first kappa shape index (κ1) is 25.2. The van der Waals surface area contributed by atoms with Crippen molar-refractivity contribution in [2.24, 2.45) is 0 Å². The summed E-state index contributed by atoms with van der Waals surface area (Å²) in [7, 11) is -3.19. The zero-order valence-electron chi connectivity index (χ0n) is 19.8. The van der Waals surface area contributed by atoms with Gasteiger partial charge in [0.25, 0.3) is 0 Å². The Balaban J connectivity index is 2.02. The molecule has 3 nitrogen and oxygen atoms in total. The molecule has 3 aromatic rings. The third kappa shape index (κ3) is 6.12.